The first-order valence-electron chi connectivity index (χ1n) is 5.67. The van der Waals surface area contributed by atoms with Crippen LogP contribution in [0.25, 0.3) is 0 Å². The van der Waals surface area contributed by atoms with E-state index in [0.717, 1.165) is 0 Å². The second-order valence-electron chi connectivity index (χ2n) is 5.66. The third kappa shape index (κ3) is 4.33. The van der Waals surface area contributed by atoms with Crippen molar-refractivity contribution in [3.05, 3.63) is 11.6 Å². The highest BCUT2D eigenvalue weighted by molar-refractivity contribution is 5.95. The summed E-state index contributed by atoms with van der Waals surface area (Å²) in [6.07, 6.45) is -3.91. The molecule has 0 aromatic heterocycles. The molecule has 1 amide bonds. The topological polar surface area (TPSA) is 29.5 Å². The zero-order valence-corrected chi connectivity index (χ0v) is 11.0. The number of carbonyl (C=O) groups excluding carboxylic acids is 1. The number of hydrogen-bond donors (Lipinski definition) is 0. The van der Waals surface area contributed by atoms with Crippen molar-refractivity contribution in [2.45, 2.75) is 40.1 Å². The third-order valence-electron chi connectivity index (χ3n) is 2.33. The highest BCUT2D eigenvalue weighted by Gasteiger charge is 2.40. The fourth-order valence-corrected chi connectivity index (χ4v) is 1.55. The summed E-state index contributed by atoms with van der Waals surface area (Å²) in [5, 5.41) is 0. The number of alkyl halides is 3. The number of halogens is 3. The van der Waals surface area contributed by atoms with Gasteiger partial charge in [-0.25, -0.2) is 0 Å². The molecule has 3 nitrogen and oxygen atoms in total. The fourth-order valence-electron chi connectivity index (χ4n) is 1.55. The highest BCUT2D eigenvalue weighted by atomic mass is 19.4. The van der Waals surface area contributed by atoms with Gasteiger partial charge in [0.15, 0.2) is 6.23 Å². The van der Waals surface area contributed by atoms with Crippen LogP contribution in [0.3, 0.4) is 0 Å². The number of carbonyl (C=O) groups is 1. The molecule has 1 unspecified atom stereocenters. The summed E-state index contributed by atoms with van der Waals surface area (Å²) in [7, 11) is 0. The summed E-state index contributed by atoms with van der Waals surface area (Å²) in [6, 6.07) is 0. The average Bonchev–Trinajstić information content (AvgIpc) is 2.39. The van der Waals surface area contributed by atoms with Gasteiger partial charge in [-0.15, -0.1) is 0 Å². The van der Waals surface area contributed by atoms with Crippen molar-refractivity contribution in [3.63, 3.8) is 0 Å². The predicted molar refractivity (Wildman–Crippen MR) is 60.7 cm³/mol. The maximum atomic E-state index is 12.4. The van der Waals surface area contributed by atoms with E-state index in [2.05, 4.69) is 0 Å². The molecule has 0 radical (unpaired) electrons. The Morgan fingerprint density at radius 3 is 2.33 bits per heavy atom. The van der Waals surface area contributed by atoms with E-state index in [4.69, 9.17) is 4.74 Å². The zero-order chi connectivity index (χ0) is 14.1. The molecule has 0 fully saturated rings. The fraction of sp³-hybridized carbons (Fsp3) is 0.750. The van der Waals surface area contributed by atoms with Crippen LogP contribution in [-0.2, 0) is 9.53 Å². The minimum absolute atomic E-state index is 0.169. The molecule has 104 valence electrons. The van der Waals surface area contributed by atoms with Gasteiger partial charge in [0.25, 0.3) is 5.91 Å². The first-order valence-corrected chi connectivity index (χ1v) is 5.67. The quantitative estimate of drug-likeness (QED) is 0.785. The number of rotatable bonds is 3. The van der Waals surface area contributed by atoms with Gasteiger partial charge >= 0.3 is 6.18 Å². The molecular formula is C12H18F3NO2. The van der Waals surface area contributed by atoms with Gasteiger partial charge in [-0.1, -0.05) is 20.8 Å². The number of hydrogen-bond acceptors (Lipinski definition) is 2. The summed E-state index contributed by atoms with van der Waals surface area (Å²) in [6.45, 7) is 6.22. The van der Waals surface area contributed by atoms with Gasteiger partial charge in [-0.3, -0.25) is 4.79 Å². The lowest BCUT2D eigenvalue weighted by molar-refractivity contribution is -0.175. The van der Waals surface area contributed by atoms with Gasteiger partial charge in [-0.2, -0.15) is 13.2 Å². The molecule has 1 rings (SSSR count). The zero-order valence-electron chi connectivity index (χ0n) is 11.0. The number of nitrogens with zero attached hydrogens (tertiary/aromatic N) is 1. The lowest BCUT2D eigenvalue weighted by atomic mass is 9.99. The number of amides is 1. The van der Waals surface area contributed by atoms with E-state index in [0.29, 0.717) is 4.90 Å². The molecule has 0 bridgehead atoms. The van der Waals surface area contributed by atoms with Gasteiger partial charge in [0.05, 0.1) is 6.61 Å². The van der Waals surface area contributed by atoms with E-state index in [1.807, 2.05) is 20.8 Å². The summed E-state index contributed by atoms with van der Waals surface area (Å²) in [4.78, 5) is 12.3. The molecule has 0 aromatic carbocycles. The molecular weight excluding hydrogens is 247 g/mol. The summed E-state index contributed by atoms with van der Waals surface area (Å²) >= 11 is 0. The molecule has 0 saturated carbocycles. The van der Waals surface area contributed by atoms with Crippen molar-refractivity contribution in [1.29, 1.82) is 0 Å². The molecule has 0 N–H and O–H groups in total. The normalized spacial score (nSPS) is 21.5. The van der Waals surface area contributed by atoms with Crippen molar-refractivity contribution in [3.8, 4) is 0 Å². The van der Waals surface area contributed by atoms with Crippen LogP contribution in [0.5, 0.6) is 0 Å². The lowest BCUT2D eigenvalue weighted by Crippen LogP contribution is -2.43. The van der Waals surface area contributed by atoms with E-state index in [9.17, 15) is 18.0 Å². The lowest BCUT2D eigenvalue weighted by Gasteiger charge is -2.28. The van der Waals surface area contributed by atoms with Crippen molar-refractivity contribution < 1.29 is 22.7 Å². The Balaban J connectivity index is 2.72. The maximum absolute atomic E-state index is 12.4. The molecule has 0 saturated heterocycles. The molecule has 6 heteroatoms. The molecule has 18 heavy (non-hydrogen) atoms. The average molecular weight is 265 g/mol. The number of ether oxygens (including phenoxy) is 1. The van der Waals surface area contributed by atoms with Crippen LogP contribution in [0.4, 0.5) is 13.2 Å². The van der Waals surface area contributed by atoms with E-state index in [-0.39, 0.29) is 17.6 Å². The molecule has 1 atom stereocenters. The van der Waals surface area contributed by atoms with Crippen LogP contribution in [0, 0.1) is 5.41 Å². The van der Waals surface area contributed by atoms with E-state index < -0.39 is 24.9 Å². The van der Waals surface area contributed by atoms with Gasteiger partial charge < -0.3 is 9.64 Å². The minimum atomic E-state index is -4.42. The highest BCUT2D eigenvalue weighted by Crippen LogP contribution is 2.26. The van der Waals surface area contributed by atoms with Crippen molar-refractivity contribution in [2.75, 3.05) is 13.2 Å². The van der Waals surface area contributed by atoms with Crippen LogP contribution >= 0.6 is 0 Å². The van der Waals surface area contributed by atoms with Crippen molar-refractivity contribution in [2.24, 2.45) is 5.41 Å². The van der Waals surface area contributed by atoms with Crippen molar-refractivity contribution >= 4 is 5.91 Å². The first kappa shape index (κ1) is 15.0. The monoisotopic (exact) mass is 265 g/mol. The Kier molecular flexibility index (Phi) is 4.10. The summed E-state index contributed by atoms with van der Waals surface area (Å²) < 4.78 is 42.5. The molecule has 0 aromatic rings. The van der Waals surface area contributed by atoms with Crippen LogP contribution in [0.2, 0.25) is 0 Å². The molecule has 1 aliphatic rings. The van der Waals surface area contributed by atoms with Crippen LogP contribution in [0.1, 0.15) is 27.7 Å². The molecule has 1 aliphatic heterocycles. The first-order chi connectivity index (χ1) is 7.99. The second kappa shape index (κ2) is 4.91. The van der Waals surface area contributed by atoms with Gasteiger partial charge in [0.1, 0.15) is 6.54 Å². The van der Waals surface area contributed by atoms with Gasteiger partial charge in [-0.05, 0) is 18.4 Å². The molecule has 1 heterocycles. The van der Waals surface area contributed by atoms with Crippen LogP contribution in [0.15, 0.2) is 11.6 Å². The largest absolute Gasteiger partial charge is 0.406 e. The Hall–Kier alpha value is -1.04. The van der Waals surface area contributed by atoms with Crippen LogP contribution in [-0.4, -0.2) is 36.4 Å². The van der Waals surface area contributed by atoms with Gasteiger partial charge in [0, 0.05) is 5.57 Å². The van der Waals surface area contributed by atoms with Crippen molar-refractivity contribution in [1.82, 2.24) is 4.90 Å². The third-order valence-corrected chi connectivity index (χ3v) is 2.33. The Bertz CT molecular complexity index is 355. The second-order valence-corrected chi connectivity index (χ2v) is 5.66. The molecule has 0 spiro atoms. The minimum Gasteiger partial charge on any atom is -0.354 e. The van der Waals surface area contributed by atoms with Gasteiger partial charge in [0.2, 0.25) is 0 Å². The maximum Gasteiger partial charge on any atom is 0.406 e. The standard InChI is InChI=1S/C12H18F3NO2/c1-8-5-9(18-7-11(2,3)4)16(10(8)17)6-12(13,14)15/h5,9H,6-7H2,1-4H3. The smallest absolute Gasteiger partial charge is 0.354 e. The van der Waals surface area contributed by atoms with E-state index in [1.54, 1.807) is 0 Å². The summed E-state index contributed by atoms with van der Waals surface area (Å²) in [5.41, 5.74) is 0.121. The van der Waals surface area contributed by atoms with E-state index >= 15 is 0 Å². The van der Waals surface area contributed by atoms with Crippen LogP contribution < -0.4 is 0 Å². The Morgan fingerprint density at radius 2 is 1.89 bits per heavy atom. The summed E-state index contributed by atoms with van der Waals surface area (Å²) in [5.74, 6) is -0.619. The predicted octanol–water partition coefficient (Wildman–Crippen LogP) is 2.73. The molecule has 0 aliphatic carbocycles. The Morgan fingerprint density at radius 1 is 1.33 bits per heavy atom. The van der Waals surface area contributed by atoms with E-state index in [1.165, 1.54) is 13.0 Å². The Labute approximate surface area is 105 Å². The SMILES string of the molecule is CC1=CC(OCC(C)(C)C)N(CC(F)(F)F)C1=O.